The standard InChI is InChI=1S/C41H55N5O10S/c1-7-25-20-24(2)10-8-9-11-26-22-41(26,37(49)45-57(51,52)40(6)15-16-40)44-34(47)30-21-27(23-46(30)36(48)32(25)43-38(50)56-39(3,4)5)55-35-29-12-13-31-33(54-19-18-53-31)28(29)14-17-42-35/h9,11-14,17,24-27,30,32H,7-8,10,15-16,18-23H2,1-6H3,(H,43,50)(H,44,47)(H,45,49)/b11-9-/t24-,25+,26+,27+,30-,32-,41+/m0/s1. The summed E-state index contributed by atoms with van der Waals surface area (Å²) in [6.07, 6.45) is 7.67. The highest BCUT2D eigenvalue weighted by Crippen LogP contribution is 2.48. The van der Waals surface area contributed by atoms with Crippen LogP contribution in [0.25, 0.3) is 10.8 Å². The van der Waals surface area contributed by atoms with E-state index in [1.165, 1.54) is 4.90 Å². The third kappa shape index (κ3) is 8.37. The second kappa shape index (κ2) is 15.3. The Morgan fingerprint density at radius 2 is 1.84 bits per heavy atom. The maximum atomic E-state index is 15.0. The highest BCUT2D eigenvalue weighted by Gasteiger charge is 2.63. The Bertz CT molecular complexity index is 2060. The Kier molecular flexibility index (Phi) is 10.9. The number of benzene rings is 1. The van der Waals surface area contributed by atoms with E-state index in [0.717, 1.165) is 11.8 Å². The maximum absolute atomic E-state index is 15.0. The largest absolute Gasteiger partial charge is 0.486 e. The number of sulfonamides is 1. The van der Waals surface area contributed by atoms with Crippen molar-refractivity contribution in [2.75, 3.05) is 19.8 Å². The van der Waals surface area contributed by atoms with E-state index in [4.69, 9.17) is 18.9 Å². The Labute approximate surface area is 334 Å². The van der Waals surface area contributed by atoms with Crippen molar-refractivity contribution < 1.29 is 46.5 Å². The predicted octanol–water partition coefficient (Wildman–Crippen LogP) is 4.52. The fraction of sp³-hybridized carbons (Fsp3) is 0.634. The third-order valence-electron chi connectivity index (χ3n) is 12.0. The molecule has 3 fully saturated rings. The lowest BCUT2D eigenvalue weighted by atomic mass is 9.85. The first-order chi connectivity index (χ1) is 26.9. The molecule has 7 atom stereocenters. The van der Waals surface area contributed by atoms with Crippen molar-refractivity contribution in [2.45, 2.75) is 127 Å². The van der Waals surface area contributed by atoms with Gasteiger partial charge in [-0.1, -0.05) is 32.4 Å². The van der Waals surface area contributed by atoms with Gasteiger partial charge in [0.15, 0.2) is 11.5 Å². The Morgan fingerprint density at radius 1 is 1.09 bits per heavy atom. The number of hydrogen-bond acceptors (Lipinski definition) is 11. The highest BCUT2D eigenvalue weighted by atomic mass is 32.2. The SMILES string of the molecule is CC[C@@H]1C[C@@H](C)CC/C=C\[C@@H]2C[C@@]2(C(=O)NS(=O)(=O)C2(C)CC2)NC(=O)[C@@H]2C[C@@H](Oc3nccc4c5c(ccc34)OCCO5)CN2C(=O)[C@H]1NC(=O)OC(C)(C)C. The molecule has 1 aromatic carbocycles. The molecule has 15 nitrogen and oxygen atoms in total. The highest BCUT2D eigenvalue weighted by molar-refractivity contribution is 7.91. The van der Waals surface area contributed by atoms with E-state index in [-0.39, 0.29) is 37.1 Å². The van der Waals surface area contributed by atoms with Crippen molar-refractivity contribution >= 4 is 44.6 Å². The number of hydrogen-bond donors (Lipinski definition) is 3. The monoisotopic (exact) mass is 809 g/mol. The molecule has 1 aromatic heterocycles. The molecule has 0 spiro atoms. The summed E-state index contributed by atoms with van der Waals surface area (Å²) < 4.78 is 51.5. The number of allylic oxidation sites excluding steroid dienone is 1. The minimum Gasteiger partial charge on any atom is -0.486 e. The van der Waals surface area contributed by atoms with Gasteiger partial charge in [0.05, 0.1) is 11.3 Å². The molecule has 4 heterocycles. The second-order valence-corrected chi connectivity index (χ2v) is 19.8. The fourth-order valence-electron chi connectivity index (χ4n) is 8.24. The molecule has 3 aliphatic heterocycles. The van der Waals surface area contributed by atoms with E-state index < -0.39 is 73.8 Å². The lowest BCUT2D eigenvalue weighted by Gasteiger charge is -2.34. The molecule has 0 bridgehead atoms. The van der Waals surface area contributed by atoms with Crippen LogP contribution in [0.3, 0.4) is 0 Å². The zero-order chi connectivity index (χ0) is 40.9. The lowest BCUT2D eigenvalue weighted by Crippen LogP contribution is -2.59. The van der Waals surface area contributed by atoms with Crippen LogP contribution in [0.15, 0.2) is 36.5 Å². The number of alkyl carbamates (subject to hydrolysis) is 1. The quantitative estimate of drug-likeness (QED) is 0.333. The molecule has 16 heteroatoms. The fourth-order valence-corrected chi connectivity index (χ4v) is 9.55. The first-order valence-electron chi connectivity index (χ1n) is 20.1. The second-order valence-electron chi connectivity index (χ2n) is 17.6. The molecular weight excluding hydrogens is 755 g/mol. The number of ether oxygens (including phenoxy) is 4. The van der Waals surface area contributed by atoms with E-state index in [9.17, 15) is 27.6 Å². The zero-order valence-electron chi connectivity index (χ0n) is 33.6. The van der Waals surface area contributed by atoms with Crippen LogP contribution in [-0.4, -0.2) is 95.9 Å². The van der Waals surface area contributed by atoms with Gasteiger partial charge in [-0.2, -0.15) is 0 Å². The van der Waals surface area contributed by atoms with Crippen LogP contribution in [0.2, 0.25) is 0 Å². The number of aromatic nitrogens is 1. The average Bonchev–Trinajstić information content (AvgIpc) is 4.03. The lowest BCUT2D eigenvalue weighted by molar-refractivity contribution is -0.142. The number of carbonyl (C=O) groups is 4. The normalized spacial score (nSPS) is 30.4. The number of rotatable bonds is 7. The average molecular weight is 810 g/mol. The summed E-state index contributed by atoms with van der Waals surface area (Å²) in [5, 5.41) is 7.17. The molecular formula is C41H55N5O10S. The van der Waals surface area contributed by atoms with Gasteiger partial charge >= 0.3 is 6.09 Å². The van der Waals surface area contributed by atoms with E-state index in [1.807, 2.05) is 25.1 Å². The molecule has 2 saturated carbocycles. The molecule has 310 valence electrons. The summed E-state index contributed by atoms with van der Waals surface area (Å²) in [7, 11) is -4.01. The van der Waals surface area contributed by atoms with Crippen LogP contribution in [0.5, 0.6) is 17.4 Å². The van der Waals surface area contributed by atoms with E-state index in [2.05, 4.69) is 27.3 Å². The number of pyridine rings is 1. The predicted molar refractivity (Wildman–Crippen MR) is 210 cm³/mol. The summed E-state index contributed by atoms with van der Waals surface area (Å²) in [4.78, 5) is 62.8. The van der Waals surface area contributed by atoms with Gasteiger partial charge in [0.2, 0.25) is 27.7 Å². The Morgan fingerprint density at radius 3 is 2.56 bits per heavy atom. The van der Waals surface area contributed by atoms with Gasteiger partial charge in [-0.15, -0.1) is 0 Å². The molecule has 7 rings (SSSR count). The van der Waals surface area contributed by atoms with Crippen molar-refractivity contribution in [1.29, 1.82) is 0 Å². The Hall–Kier alpha value is -4.60. The van der Waals surface area contributed by atoms with Crippen LogP contribution in [-0.2, 0) is 29.1 Å². The topological polar surface area (TPSA) is 192 Å². The molecule has 5 aliphatic rings. The van der Waals surface area contributed by atoms with E-state index in [0.29, 0.717) is 62.2 Å². The molecule has 3 N–H and O–H groups in total. The number of amides is 4. The van der Waals surface area contributed by atoms with Crippen molar-refractivity contribution in [3.05, 3.63) is 36.5 Å². The third-order valence-corrected chi connectivity index (χ3v) is 14.1. The number of carbonyl (C=O) groups excluding carboxylic acids is 4. The van der Waals surface area contributed by atoms with E-state index in [1.54, 1.807) is 46.0 Å². The van der Waals surface area contributed by atoms with Gasteiger partial charge in [0.1, 0.15) is 42.5 Å². The van der Waals surface area contributed by atoms with Crippen LogP contribution in [0.1, 0.15) is 92.9 Å². The Balaban J connectivity index is 1.24. The summed E-state index contributed by atoms with van der Waals surface area (Å²) in [5.74, 6) is -1.07. The molecule has 1 saturated heterocycles. The van der Waals surface area contributed by atoms with Crippen LogP contribution in [0, 0.1) is 17.8 Å². The van der Waals surface area contributed by atoms with Crippen LogP contribution >= 0.6 is 0 Å². The molecule has 4 amide bonds. The summed E-state index contributed by atoms with van der Waals surface area (Å²) in [6, 6.07) is 3.23. The van der Waals surface area contributed by atoms with Crippen molar-refractivity contribution in [1.82, 2.24) is 25.2 Å². The van der Waals surface area contributed by atoms with Gasteiger partial charge in [-0.25, -0.2) is 18.2 Å². The van der Waals surface area contributed by atoms with Crippen molar-refractivity contribution in [3.63, 3.8) is 0 Å². The summed E-state index contributed by atoms with van der Waals surface area (Å²) in [5.41, 5.74) is -2.37. The van der Waals surface area contributed by atoms with E-state index >= 15 is 0 Å². The summed E-state index contributed by atoms with van der Waals surface area (Å²) >= 11 is 0. The van der Waals surface area contributed by atoms with Gasteiger partial charge in [-0.05, 0) is 96.3 Å². The first kappa shape index (κ1) is 40.6. The van der Waals surface area contributed by atoms with Crippen molar-refractivity contribution in [3.8, 4) is 17.4 Å². The molecule has 2 aromatic rings. The number of nitrogens with one attached hydrogen (secondary N) is 3. The minimum absolute atomic E-state index is 0.0289. The van der Waals surface area contributed by atoms with Crippen LogP contribution < -0.4 is 29.6 Å². The number of nitrogens with zero attached hydrogens (tertiary/aromatic N) is 2. The van der Waals surface area contributed by atoms with Crippen LogP contribution in [0.4, 0.5) is 4.79 Å². The molecule has 0 radical (unpaired) electrons. The minimum atomic E-state index is -4.01. The number of fused-ring (bicyclic) bond motifs is 5. The summed E-state index contributed by atoms with van der Waals surface area (Å²) in [6.45, 7) is 11.7. The zero-order valence-corrected chi connectivity index (χ0v) is 34.4. The first-order valence-corrected chi connectivity index (χ1v) is 21.6. The van der Waals surface area contributed by atoms with Gasteiger partial charge in [0, 0.05) is 29.3 Å². The molecule has 0 unspecified atom stereocenters. The maximum Gasteiger partial charge on any atom is 0.408 e. The van der Waals surface area contributed by atoms with Gasteiger partial charge in [0.25, 0.3) is 5.91 Å². The smallest absolute Gasteiger partial charge is 0.408 e. The van der Waals surface area contributed by atoms with Crippen molar-refractivity contribution in [2.24, 2.45) is 17.8 Å². The molecule has 2 aliphatic carbocycles. The van der Waals surface area contributed by atoms with Gasteiger partial charge in [-0.3, -0.25) is 19.1 Å². The van der Waals surface area contributed by atoms with Gasteiger partial charge < -0.3 is 34.5 Å². The molecule has 57 heavy (non-hydrogen) atoms.